The Morgan fingerprint density at radius 2 is 1.50 bits per heavy atom. The van der Waals surface area contributed by atoms with Crippen molar-refractivity contribution in [1.82, 2.24) is 19.4 Å². The molecule has 1 unspecified atom stereocenters. The fourth-order valence-electron chi connectivity index (χ4n) is 5.33. The first-order valence-corrected chi connectivity index (χ1v) is 13.6. The van der Waals surface area contributed by atoms with E-state index in [0.717, 1.165) is 18.7 Å². The lowest BCUT2D eigenvalue weighted by molar-refractivity contribution is -0.134. The molecule has 1 fully saturated rings. The van der Waals surface area contributed by atoms with E-state index in [1.54, 1.807) is 22.8 Å². The topological polar surface area (TPSA) is 58.4 Å². The summed E-state index contributed by atoms with van der Waals surface area (Å²) < 4.78 is 1.75. The average Bonchev–Trinajstić information content (AvgIpc) is 3.08. The molecule has 0 radical (unpaired) electrons. The molecule has 4 aromatic rings. The van der Waals surface area contributed by atoms with Crippen LogP contribution < -0.4 is 5.56 Å². The first-order valence-electron chi connectivity index (χ1n) is 13.2. The fraction of sp³-hybridized carbons (Fsp3) is 0.323. The molecule has 7 heteroatoms. The van der Waals surface area contributed by atoms with Crippen molar-refractivity contribution in [2.75, 3.05) is 19.6 Å². The summed E-state index contributed by atoms with van der Waals surface area (Å²) in [5, 5.41) is 1.05. The number of carbonyl (C=O) groups is 1. The molecule has 1 aliphatic rings. The van der Waals surface area contributed by atoms with Gasteiger partial charge in [-0.25, -0.2) is 4.98 Å². The maximum Gasteiger partial charge on any atom is 0.261 e. The van der Waals surface area contributed by atoms with Gasteiger partial charge in [0.2, 0.25) is 5.91 Å². The Morgan fingerprint density at radius 3 is 2.16 bits per heavy atom. The van der Waals surface area contributed by atoms with Crippen LogP contribution in [0, 0.1) is 5.92 Å². The van der Waals surface area contributed by atoms with E-state index >= 15 is 0 Å². The van der Waals surface area contributed by atoms with Gasteiger partial charge in [0.25, 0.3) is 5.56 Å². The molecule has 0 spiro atoms. The fourth-order valence-corrected chi connectivity index (χ4v) is 5.50. The SMILES string of the molecule is CC(C)C(c1nc2cc(Cl)ccc2c(=O)n1Cc1ccccc1)N1CCN(Cc2ccccc2)CCC1=O. The zero-order chi connectivity index (χ0) is 26.6. The van der Waals surface area contributed by atoms with Crippen LogP contribution in [0.1, 0.15) is 43.3 Å². The number of hydrogen-bond acceptors (Lipinski definition) is 4. The lowest BCUT2D eigenvalue weighted by Gasteiger charge is -2.35. The second kappa shape index (κ2) is 11.5. The third kappa shape index (κ3) is 5.66. The van der Waals surface area contributed by atoms with E-state index in [1.165, 1.54) is 5.56 Å². The second-order valence-corrected chi connectivity index (χ2v) is 10.7. The van der Waals surface area contributed by atoms with Crippen molar-refractivity contribution in [3.8, 4) is 0 Å². The molecule has 1 saturated heterocycles. The smallest absolute Gasteiger partial charge is 0.261 e. The van der Waals surface area contributed by atoms with Gasteiger partial charge in [-0.15, -0.1) is 0 Å². The molecule has 38 heavy (non-hydrogen) atoms. The number of fused-ring (bicyclic) bond motifs is 1. The Kier molecular flexibility index (Phi) is 7.91. The molecule has 196 valence electrons. The van der Waals surface area contributed by atoms with Crippen LogP contribution >= 0.6 is 11.6 Å². The Morgan fingerprint density at radius 1 is 0.842 bits per heavy atom. The van der Waals surface area contributed by atoms with Crippen LogP contribution in [0.3, 0.4) is 0 Å². The molecule has 0 N–H and O–H groups in total. The van der Waals surface area contributed by atoms with E-state index in [1.807, 2.05) is 53.4 Å². The van der Waals surface area contributed by atoms with Gasteiger partial charge in [-0.05, 0) is 35.2 Å². The summed E-state index contributed by atoms with van der Waals surface area (Å²) in [6.07, 6.45) is 0.429. The number of nitrogens with zero attached hydrogens (tertiary/aromatic N) is 4. The van der Waals surface area contributed by atoms with Crippen molar-refractivity contribution < 1.29 is 4.79 Å². The highest BCUT2D eigenvalue weighted by molar-refractivity contribution is 6.31. The summed E-state index contributed by atoms with van der Waals surface area (Å²) >= 11 is 6.29. The van der Waals surface area contributed by atoms with E-state index in [2.05, 4.69) is 30.9 Å². The van der Waals surface area contributed by atoms with Crippen LogP contribution in [-0.2, 0) is 17.9 Å². The van der Waals surface area contributed by atoms with Crippen molar-refractivity contribution >= 4 is 28.4 Å². The number of amides is 1. The van der Waals surface area contributed by atoms with Gasteiger partial charge in [-0.1, -0.05) is 86.1 Å². The number of benzene rings is 3. The molecular weight excluding hydrogens is 496 g/mol. The summed E-state index contributed by atoms with van der Waals surface area (Å²) in [4.78, 5) is 36.7. The van der Waals surface area contributed by atoms with Crippen LogP contribution in [-0.4, -0.2) is 44.9 Å². The number of aromatic nitrogens is 2. The molecule has 1 atom stereocenters. The van der Waals surface area contributed by atoms with Crippen molar-refractivity contribution in [1.29, 1.82) is 0 Å². The van der Waals surface area contributed by atoms with Crippen LogP contribution in [0.4, 0.5) is 0 Å². The maximum atomic E-state index is 13.8. The third-order valence-electron chi connectivity index (χ3n) is 7.23. The highest BCUT2D eigenvalue weighted by atomic mass is 35.5. The largest absolute Gasteiger partial charge is 0.331 e. The summed E-state index contributed by atoms with van der Waals surface area (Å²) in [6, 6.07) is 25.1. The van der Waals surface area contributed by atoms with Gasteiger partial charge in [0.05, 0.1) is 23.5 Å². The van der Waals surface area contributed by atoms with E-state index in [0.29, 0.717) is 47.8 Å². The Bertz CT molecular complexity index is 1470. The number of carbonyl (C=O) groups excluding carboxylic acids is 1. The molecule has 0 bridgehead atoms. The molecular formula is C31H33ClN4O2. The molecule has 0 aliphatic carbocycles. The van der Waals surface area contributed by atoms with Crippen LogP contribution in [0.5, 0.6) is 0 Å². The van der Waals surface area contributed by atoms with E-state index in [-0.39, 0.29) is 23.4 Å². The molecule has 3 aromatic carbocycles. The van der Waals surface area contributed by atoms with E-state index in [9.17, 15) is 9.59 Å². The Hall–Kier alpha value is -3.48. The van der Waals surface area contributed by atoms with Crippen LogP contribution in [0.25, 0.3) is 10.9 Å². The summed E-state index contributed by atoms with van der Waals surface area (Å²) in [5.74, 6) is 0.740. The lowest BCUT2D eigenvalue weighted by atomic mass is 10.00. The summed E-state index contributed by atoms with van der Waals surface area (Å²) in [5.41, 5.74) is 2.67. The molecule has 5 rings (SSSR count). The lowest BCUT2D eigenvalue weighted by Crippen LogP contribution is -2.42. The molecule has 1 aliphatic heterocycles. The monoisotopic (exact) mass is 528 g/mol. The van der Waals surface area contributed by atoms with Gasteiger partial charge >= 0.3 is 0 Å². The van der Waals surface area contributed by atoms with Gasteiger partial charge in [0.15, 0.2) is 0 Å². The Balaban J connectivity index is 1.55. The van der Waals surface area contributed by atoms with Crippen molar-refractivity contribution in [3.63, 3.8) is 0 Å². The second-order valence-electron chi connectivity index (χ2n) is 10.3. The Labute approximate surface area is 228 Å². The number of hydrogen-bond donors (Lipinski definition) is 0. The molecule has 1 aromatic heterocycles. The third-order valence-corrected chi connectivity index (χ3v) is 7.47. The molecule has 6 nitrogen and oxygen atoms in total. The minimum Gasteiger partial charge on any atom is -0.331 e. The van der Waals surface area contributed by atoms with Gasteiger partial charge in [-0.2, -0.15) is 0 Å². The van der Waals surface area contributed by atoms with E-state index < -0.39 is 0 Å². The average molecular weight is 529 g/mol. The minimum atomic E-state index is -0.348. The van der Waals surface area contributed by atoms with Crippen LogP contribution in [0.15, 0.2) is 83.7 Å². The number of halogens is 1. The van der Waals surface area contributed by atoms with Gasteiger partial charge < -0.3 is 4.90 Å². The summed E-state index contributed by atoms with van der Waals surface area (Å²) in [7, 11) is 0. The maximum absolute atomic E-state index is 13.8. The molecule has 1 amide bonds. The predicted molar refractivity (Wildman–Crippen MR) is 152 cm³/mol. The predicted octanol–water partition coefficient (Wildman–Crippen LogP) is 5.53. The number of rotatable bonds is 7. The first-order chi connectivity index (χ1) is 18.4. The first kappa shape index (κ1) is 26.1. The standard InChI is InChI=1S/C31H33ClN4O2/c1-22(2)29(35-18-17-34(16-15-28(35)37)20-23-9-5-3-6-10-23)30-33-27-19-25(32)13-14-26(27)31(38)36(30)21-24-11-7-4-8-12-24/h3-14,19,22,29H,15-18,20-21H2,1-2H3. The van der Waals surface area contributed by atoms with Crippen molar-refractivity contribution in [2.24, 2.45) is 5.92 Å². The van der Waals surface area contributed by atoms with Gasteiger partial charge in [-0.3, -0.25) is 19.1 Å². The van der Waals surface area contributed by atoms with E-state index in [4.69, 9.17) is 16.6 Å². The van der Waals surface area contributed by atoms with Crippen molar-refractivity contribution in [3.05, 3.63) is 111 Å². The van der Waals surface area contributed by atoms with Crippen molar-refractivity contribution in [2.45, 2.75) is 39.4 Å². The van der Waals surface area contributed by atoms with Gasteiger partial charge in [0.1, 0.15) is 5.82 Å². The minimum absolute atomic E-state index is 0.0465. The zero-order valence-corrected chi connectivity index (χ0v) is 22.6. The highest BCUT2D eigenvalue weighted by Crippen LogP contribution is 2.30. The zero-order valence-electron chi connectivity index (χ0n) is 21.9. The summed E-state index contributed by atoms with van der Waals surface area (Å²) in [6.45, 7) is 7.39. The highest BCUT2D eigenvalue weighted by Gasteiger charge is 2.34. The quantitative estimate of drug-likeness (QED) is 0.316. The molecule has 2 heterocycles. The van der Waals surface area contributed by atoms with Gasteiger partial charge in [0, 0.05) is 37.6 Å². The van der Waals surface area contributed by atoms with Crippen LogP contribution in [0.2, 0.25) is 5.02 Å². The normalized spacial score (nSPS) is 15.7. The molecule has 0 saturated carbocycles.